The van der Waals surface area contributed by atoms with Crippen LogP contribution in [0.15, 0.2) is 0 Å². The highest BCUT2D eigenvalue weighted by Crippen LogP contribution is 2.05. The zero-order valence-electron chi connectivity index (χ0n) is 5.33. The summed E-state index contributed by atoms with van der Waals surface area (Å²) in [6.45, 7) is 2.14. The average molecular weight is 150 g/mol. The van der Waals surface area contributed by atoms with Gasteiger partial charge in [-0.3, -0.25) is 0 Å². The lowest BCUT2D eigenvalue weighted by atomic mass is 10.5. The van der Waals surface area contributed by atoms with E-state index in [1.165, 1.54) is 0 Å². The lowest BCUT2D eigenvalue weighted by Crippen LogP contribution is -2.32. The summed E-state index contributed by atoms with van der Waals surface area (Å²) in [7, 11) is -2.76. The van der Waals surface area contributed by atoms with Crippen LogP contribution in [0, 0.1) is 0 Å². The molecule has 0 bridgehead atoms. The van der Waals surface area contributed by atoms with Crippen molar-refractivity contribution in [2.45, 2.75) is 13.0 Å². The molecular formula is C5H10O3S. The second kappa shape index (κ2) is 2.27. The summed E-state index contributed by atoms with van der Waals surface area (Å²) in [5.41, 5.74) is 0. The van der Waals surface area contributed by atoms with Gasteiger partial charge in [0.1, 0.15) is 0 Å². The van der Waals surface area contributed by atoms with Crippen LogP contribution in [0.4, 0.5) is 0 Å². The maximum Gasteiger partial charge on any atom is 0.155 e. The molecule has 1 rings (SSSR count). The first-order chi connectivity index (χ1) is 4.10. The van der Waals surface area contributed by atoms with Crippen LogP contribution in [0.2, 0.25) is 0 Å². The average Bonchev–Trinajstić information content (AvgIpc) is 1.60. The Morgan fingerprint density at radius 1 is 1.56 bits per heavy atom. The minimum atomic E-state index is -2.76. The fourth-order valence-corrected chi connectivity index (χ4v) is 2.19. The van der Waals surface area contributed by atoms with Crippen molar-refractivity contribution >= 4 is 9.84 Å². The predicted octanol–water partition coefficient (Wildman–Crippen LogP) is -0.180. The molecule has 0 N–H and O–H groups in total. The molecule has 0 amide bonds. The largest absolute Gasteiger partial charge is 0.376 e. The van der Waals surface area contributed by atoms with Gasteiger partial charge in [0.25, 0.3) is 0 Å². The maximum atomic E-state index is 10.8. The minimum Gasteiger partial charge on any atom is -0.376 e. The first-order valence-electron chi connectivity index (χ1n) is 2.92. The molecular weight excluding hydrogens is 140 g/mol. The Morgan fingerprint density at radius 2 is 2.22 bits per heavy atom. The van der Waals surface area contributed by atoms with Crippen molar-refractivity contribution in [3.63, 3.8) is 0 Å². The highest BCUT2D eigenvalue weighted by atomic mass is 32.2. The SMILES string of the molecule is CC1CS(=O)(=O)CCO1. The minimum absolute atomic E-state index is 0.108. The van der Waals surface area contributed by atoms with Gasteiger partial charge in [0, 0.05) is 0 Å². The molecule has 9 heavy (non-hydrogen) atoms. The monoisotopic (exact) mass is 150 g/mol. The summed E-state index contributed by atoms with van der Waals surface area (Å²) < 4.78 is 26.6. The summed E-state index contributed by atoms with van der Waals surface area (Å²) in [5.74, 6) is 0.379. The van der Waals surface area contributed by atoms with Gasteiger partial charge in [0.05, 0.1) is 24.2 Å². The van der Waals surface area contributed by atoms with Gasteiger partial charge in [-0.1, -0.05) is 0 Å². The van der Waals surface area contributed by atoms with Crippen LogP contribution in [-0.2, 0) is 14.6 Å². The van der Waals surface area contributed by atoms with Crippen LogP contribution in [-0.4, -0.2) is 32.6 Å². The molecule has 54 valence electrons. The number of rotatable bonds is 0. The first-order valence-corrected chi connectivity index (χ1v) is 4.74. The standard InChI is InChI=1S/C5H10O3S/c1-5-4-9(6,7)3-2-8-5/h5H,2-4H2,1H3. The Kier molecular flexibility index (Phi) is 1.77. The molecule has 0 aliphatic carbocycles. The van der Waals surface area contributed by atoms with E-state index in [0.717, 1.165) is 0 Å². The first kappa shape index (κ1) is 7.02. The van der Waals surface area contributed by atoms with Gasteiger partial charge < -0.3 is 4.74 Å². The van der Waals surface area contributed by atoms with Gasteiger partial charge >= 0.3 is 0 Å². The van der Waals surface area contributed by atoms with Crippen molar-refractivity contribution in [3.8, 4) is 0 Å². The Hall–Kier alpha value is -0.0900. The van der Waals surface area contributed by atoms with Crippen LogP contribution in [0.1, 0.15) is 6.92 Å². The third-order valence-electron chi connectivity index (χ3n) is 1.29. The molecule has 3 nitrogen and oxygen atoms in total. The van der Waals surface area contributed by atoms with E-state index in [1.54, 1.807) is 6.92 Å². The van der Waals surface area contributed by atoms with E-state index >= 15 is 0 Å². The zero-order chi connectivity index (χ0) is 6.91. The van der Waals surface area contributed by atoms with E-state index in [0.29, 0.717) is 6.61 Å². The maximum absolute atomic E-state index is 10.8. The lowest BCUT2D eigenvalue weighted by Gasteiger charge is -2.18. The van der Waals surface area contributed by atoms with Crippen LogP contribution in [0.5, 0.6) is 0 Å². The highest BCUT2D eigenvalue weighted by Gasteiger charge is 2.21. The smallest absolute Gasteiger partial charge is 0.155 e. The van der Waals surface area contributed by atoms with Crippen molar-refractivity contribution in [3.05, 3.63) is 0 Å². The number of hydrogen-bond acceptors (Lipinski definition) is 3. The summed E-state index contributed by atoms with van der Waals surface area (Å²) in [4.78, 5) is 0. The molecule has 1 fully saturated rings. The molecule has 1 aliphatic rings. The quantitative estimate of drug-likeness (QED) is 0.481. The van der Waals surface area contributed by atoms with Crippen LogP contribution < -0.4 is 0 Å². The predicted molar refractivity (Wildman–Crippen MR) is 34.1 cm³/mol. The second-order valence-electron chi connectivity index (χ2n) is 2.30. The van der Waals surface area contributed by atoms with E-state index in [1.807, 2.05) is 0 Å². The number of ether oxygens (including phenoxy) is 1. The van der Waals surface area contributed by atoms with Crippen molar-refractivity contribution in [1.82, 2.24) is 0 Å². The fourth-order valence-electron chi connectivity index (χ4n) is 0.865. The molecule has 1 heterocycles. The molecule has 1 atom stereocenters. The van der Waals surface area contributed by atoms with Crippen molar-refractivity contribution < 1.29 is 13.2 Å². The van der Waals surface area contributed by atoms with Crippen molar-refractivity contribution in [2.24, 2.45) is 0 Å². The molecule has 0 aromatic rings. The van der Waals surface area contributed by atoms with E-state index < -0.39 is 9.84 Å². The van der Waals surface area contributed by atoms with Crippen molar-refractivity contribution in [1.29, 1.82) is 0 Å². The molecule has 0 saturated carbocycles. The summed E-state index contributed by atoms with van der Waals surface area (Å²) in [6.07, 6.45) is -0.108. The Balaban J connectivity index is 2.62. The third-order valence-corrected chi connectivity index (χ3v) is 3.05. The van der Waals surface area contributed by atoms with Crippen LogP contribution >= 0.6 is 0 Å². The van der Waals surface area contributed by atoms with Crippen molar-refractivity contribution in [2.75, 3.05) is 18.1 Å². The Bertz CT molecular complexity index is 182. The fraction of sp³-hybridized carbons (Fsp3) is 1.00. The highest BCUT2D eigenvalue weighted by molar-refractivity contribution is 7.91. The molecule has 0 aromatic heterocycles. The molecule has 1 saturated heterocycles. The molecule has 1 aliphatic heterocycles. The topological polar surface area (TPSA) is 43.4 Å². The lowest BCUT2D eigenvalue weighted by molar-refractivity contribution is 0.0852. The molecule has 0 radical (unpaired) electrons. The molecule has 4 heteroatoms. The molecule has 1 unspecified atom stereocenters. The Morgan fingerprint density at radius 3 is 2.56 bits per heavy atom. The van der Waals surface area contributed by atoms with Crippen LogP contribution in [0.25, 0.3) is 0 Å². The van der Waals surface area contributed by atoms with E-state index in [4.69, 9.17) is 4.74 Å². The van der Waals surface area contributed by atoms with Gasteiger partial charge in [-0.2, -0.15) is 0 Å². The number of sulfone groups is 1. The molecule has 0 spiro atoms. The Labute approximate surface area is 54.9 Å². The number of hydrogen-bond donors (Lipinski definition) is 0. The summed E-state index contributed by atoms with van der Waals surface area (Å²) in [6, 6.07) is 0. The third kappa shape index (κ3) is 1.95. The van der Waals surface area contributed by atoms with E-state index in [9.17, 15) is 8.42 Å². The summed E-state index contributed by atoms with van der Waals surface area (Å²) >= 11 is 0. The summed E-state index contributed by atoms with van der Waals surface area (Å²) in [5, 5.41) is 0. The van der Waals surface area contributed by atoms with Gasteiger partial charge in [0.15, 0.2) is 9.84 Å². The zero-order valence-corrected chi connectivity index (χ0v) is 6.15. The van der Waals surface area contributed by atoms with E-state index in [2.05, 4.69) is 0 Å². The van der Waals surface area contributed by atoms with Gasteiger partial charge in [-0.05, 0) is 6.92 Å². The van der Waals surface area contributed by atoms with Crippen LogP contribution in [0.3, 0.4) is 0 Å². The van der Waals surface area contributed by atoms with E-state index in [-0.39, 0.29) is 17.6 Å². The normalized spacial score (nSPS) is 34.1. The van der Waals surface area contributed by atoms with Gasteiger partial charge in [-0.15, -0.1) is 0 Å². The second-order valence-corrected chi connectivity index (χ2v) is 4.52. The van der Waals surface area contributed by atoms with Gasteiger partial charge in [0.2, 0.25) is 0 Å². The molecule has 0 aromatic carbocycles. The van der Waals surface area contributed by atoms with Gasteiger partial charge in [-0.25, -0.2) is 8.42 Å².